The molecule has 4 aromatic rings. The molecule has 3 aromatic heterocycles. The van der Waals surface area contributed by atoms with E-state index in [0.717, 1.165) is 0 Å². The summed E-state index contributed by atoms with van der Waals surface area (Å²) < 4.78 is 8.31. The van der Waals surface area contributed by atoms with E-state index in [9.17, 15) is 14.4 Å². The number of fused-ring (bicyclic) bond motifs is 2. The van der Waals surface area contributed by atoms with E-state index in [1.54, 1.807) is 37.4 Å². The van der Waals surface area contributed by atoms with Gasteiger partial charge in [0.1, 0.15) is 4.60 Å². The topological polar surface area (TPSA) is 103 Å². The summed E-state index contributed by atoms with van der Waals surface area (Å²) in [7, 11) is 1.59. The SMILES string of the molecule is Cn1c(=O)oc2cc(-n3c(=O)[nH]c(=O)c4nc(Br)ccc43)ccc21. The molecule has 0 spiro atoms. The van der Waals surface area contributed by atoms with E-state index in [0.29, 0.717) is 26.9 Å². The van der Waals surface area contributed by atoms with Crippen LogP contribution in [0.25, 0.3) is 27.8 Å². The highest BCUT2D eigenvalue weighted by molar-refractivity contribution is 9.10. The van der Waals surface area contributed by atoms with Crippen molar-refractivity contribution in [1.82, 2.24) is 19.1 Å². The minimum absolute atomic E-state index is 0.124. The third-order valence-electron chi connectivity index (χ3n) is 3.75. The van der Waals surface area contributed by atoms with Crippen molar-refractivity contribution in [3.63, 3.8) is 0 Å². The maximum absolute atomic E-state index is 12.3. The van der Waals surface area contributed by atoms with Crippen molar-refractivity contribution in [3.05, 3.63) is 66.3 Å². The standard InChI is InChI=1S/C15H9BrN4O4/c1-19-8-3-2-7(6-10(8)24-15(19)23)20-9-4-5-11(16)17-12(9)13(21)18-14(20)22/h2-6H,1H3,(H,18,21,22). The smallest absolute Gasteiger partial charge is 0.408 e. The van der Waals surface area contributed by atoms with E-state index in [1.807, 2.05) is 0 Å². The van der Waals surface area contributed by atoms with Crippen molar-refractivity contribution in [3.8, 4) is 5.69 Å². The molecular formula is C15H9BrN4O4. The molecular weight excluding hydrogens is 380 g/mol. The monoisotopic (exact) mass is 388 g/mol. The molecule has 0 unspecified atom stereocenters. The van der Waals surface area contributed by atoms with E-state index < -0.39 is 17.0 Å². The number of oxazole rings is 1. The second-order valence-corrected chi connectivity index (χ2v) is 5.99. The van der Waals surface area contributed by atoms with Gasteiger partial charge in [-0.25, -0.2) is 14.6 Å². The fraction of sp³-hybridized carbons (Fsp3) is 0.0667. The lowest BCUT2D eigenvalue weighted by Gasteiger charge is -2.09. The summed E-state index contributed by atoms with van der Waals surface area (Å²) in [5, 5.41) is 0. The van der Waals surface area contributed by atoms with Crippen molar-refractivity contribution in [2.24, 2.45) is 7.05 Å². The van der Waals surface area contributed by atoms with E-state index >= 15 is 0 Å². The predicted molar refractivity (Wildman–Crippen MR) is 90.7 cm³/mol. The summed E-state index contributed by atoms with van der Waals surface area (Å²) in [5.41, 5.74) is 0.701. The van der Waals surface area contributed by atoms with Gasteiger partial charge in [0.15, 0.2) is 11.1 Å². The molecule has 0 bridgehead atoms. The van der Waals surface area contributed by atoms with Gasteiger partial charge in [-0.3, -0.25) is 18.9 Å². The van der Waals surface area contributed by atoms with Gasteiger partial charge in [-0.15, -0.1) is 0 Å². The fourth-order valence-electron chi connectivity index (χ4n) is 2.62. The number of aryl methyl sites for hydroxylation is 1. The Balaban J connectivity index is 2.11. The average molecular weight is 389 g/mol. The summed E-state index contributed by atoms with van der Waals surface area (Å²) >= 11 is 3.21. The maximum atomic E-state index is 12.3. The molecule has 8 nitrogen and oxygen atoms in total. The van der Waals surface area contributed by atoms with Gasteiger partial charge in [0, 0.05) is 13.1 Å². The van der Waals surface area contributed by atoms with Crippen molar-refractivity contribution in [2.75, 3.05) is 0 Å². The number of halogens is 1. The molecule has 1 N–H and O–H groups in total. The maximum Gasteiger partial charge on any atom is 0.419 e. The number of hydrogen-bond acceptors (Lipinski definition) is 5. The Morgan fingerprint density at radius 1 is 1.12 bits per heavy atom. The summed E-state index contributed by atoms with van der Waals surface area (Å²) in [5.74, 6) is -0.494. The number of hydrogen-bond donors (Lipinski definition) is 1. The molecule has 0 saturated carbocycles. The molecule has 120 valence electrons. The second kappa shape index (κ2) is 5.03. The van der Waals surface area contributed by atoms with Gasteiger partial charge >= 0.3 is 11.4 Å². The molecule has 24 heavy (non-hydrogen) atoms. The number of aromatic nitrogens is 4. The third kappa shape index (κ3) is 2.05. The summed E-state index contributed by atoms with van der Waals surface area (Å²) in [6, 6.07) is 8.16. The van der Waals surface area contributed by atoms with Crippen LogP contribution >= 0.6 is 15.9 Å². The van der Waals surface area contributed by atoms with Crippen molar-refractivity contribution < 1.29 is 4.42 Å². The molecule has 3 heterocycles. The van der Waals surface area contributed by atoms with Crippen LogP contribution in [0.2, 0.25) is 0 Å². The Bertz CT molecular complexity index is 1300. The zero-order valence-corrected chi connectivity index (χ0v) is 13.8. The first-order valence-corrected chi connectivity index (χ1v) is 7.66. The zero-order chi connectivity index (χ0) is 17.0. The number of pyridine rings is 1. The van der Waals surface area contributed by atoms with Crippen molar-refractivity contribution >= 4 is 38.1 Å². The molecule has 0 amide bonds. The first kappa shape index (κ1) is 14.6. The Kier molecular flexibility index (Phi) is 3.07. The number of benzene rings is 1. The third-order valence-corrected chi connectivity index (χ3v) is 4.20. The highest BCUT2D eigenvalue weighted by Gasteiger charge is 2.13. The van der Waals surface area contributed by atoms with Gasteiger partial charge in [0.05, 0.1) is 16.7 Å². The lowest BCUT2D eigenvalue weighted by Crippen LogP contribution is -2.29. The summed E-state index contributed by atoms with van der Waals surface area (Å²) in [4.78, 5) is 42.3. The minimum atomic E-state index is -0.603. The quantitative estimate of drug-likeness (QED) is 0.494. The number of rotatable bonds is 1. The van der Waals surface area contributed by atoms with E-state index in [1.165, 1.54) is 9.13 Å². The lowest BCUT2D eigenvalue weighted by atomic mass is 10.2. The van der Waals surface area contributed by atoms with Crippen LogP contribution in [0.1, 0.15) is 0 Å². The van der Waals surface area contributed by atoms with Crippen LogP contribution in [0.3, 0.4) is 0 Å². The Morgan fingerprint density at radius 2 is 1.88 bits per heavy atom. The first-order chi connectivity index (χ1) is 11.5. The number of nitrogens with zero attached hydrogens (tertiary/aromatic N) is 3. The van der Waals surface area contributed by atoms with Crippen molar-refractivity contribution in [1.29, 1.82) is 0 Å². The van der Waals surface area contributed by atoms with E-state index in [2.05, 4.69) is 25.9 Å². The zero-order valence-electron chi connectivity index (χ0n) is 12.2. The van der Waals surface area contributed by atoms with Gasteiger partial charge in [0.25, 0.3) is 5.56 Å². The molecule has 0 saturated heterocycles. The fourth-order valence-corrected chi connectivity index (χ4v) is 2.92. The highest BCUT2D eigenvalue weighted by atomic mass is 79.9. The van der Waals surface area contributed by atoms with Crippen molar-refractivity contribution in [2.45, 2.75) is 0 Å². The van der Waals surface area contributed by atoms with Crippen LogP contribution in [-0.4, -0.2) is 19.1 Å². The van der Waals surface area contributed by atoms with E-state index in [-0.39, 0.29) is 5.52 Å². The Morgan fingerprint density at radius 3 is 2.67 bits per heavy atom. The van der Waals surface area contributed by atoms with Crippen LogP contribution in [0.5, 0.6) is 0 Å². The van der Waals surface area contributed by atoms with Crippen LogP contribution < -0.4 is 17.0 Å². The molecule has 9 heteroatoms. The average Bonchev–Trinajstić information content (AvgIpc) is 2.82. The van der Waals surface area contributed by atoms with Crippen LogP contribution in [0.15, 0.2) is 53.7 Å². The Hall–Kier alpha value is -2.94. The highest BCUT2D eigenvalue weighted by Crippen LogP contribution is 2.19. The number of H-pyrrole nitrogens is 1. The lowest BCUT2D eigenvalue weighted by molar-refractivity contribution is 0.528. The molecule has 0 aliphatic carbocycles. The van der Waals surface area contributed by atoms with Gasteiger partial charge in [-0.2, -0.15) is 0 Å². The first-order valence-electron chi connectivity index (χ1n) is 6.87. The molecule has 0 radical (unpaired) electrons. The van der Waals surface area contributed by atoms with Crippen LogP contribution in [-0.2, 0) is 7.05 Å². The van der Waals surface area contributed by atoms with Gasteiger partial charge in [0.2, 0.25) is 0 Å². The predicted octanol–water partition coefficient (Wildman–Crippen LogP) is 1.28. The summed E-state index contributed by atoms with van der Waals surface area (Å²) in [6.45, 7) is 0. The van der Waals surface area contributed by atoms with Crippen LogP contribution in [0, 0.1) is 0 Å². The van der Waals surface area contributed by atoms with Crippen LogP contribution in [0.4, 0.5) is 0 Å². The molecule has 0 aliphatic heterocycles. The largest absolute Gasteiger partial charge is 0.419 e. The van der Waals surface area contributed by atoms with Gasteiger partial charge in [-0.1, -0.05) is 0 Å². The molecule has 0 atom stereocenters. The second-order valence-electron chi connectivity index (χ2n) is 5.18. The Labute approximate surface area is 141 Å². The normalized spacial score (nSPS) is 11.4. The molecule has 1 aromatic carbocycles. The molecule has 0 aliphatic rings. The molecule has 4 rings (SSSR count). The molecule has 0 fully saturated rings. The number of aromatic amines is 1. The number of nitrogens with one attached hydrogen (secondary N) is 1. The van der Waals surface area contributed by atoms with Gasteiger partial charge in [-0.05, 0) is 40.2 Å². The van der Waals surface area contributed by atoms with Gasteiger partial charge < -0.3 is 4.42 Å². The van der Waals surface area contributed by atoms with E-state index in [4.69, 9.17) is 4.42 Å². The minimum Gasteiger partial charge on any atom is -0.408 e. The summed E-state index contributed by atoms with van der Waals surface area (Å²) in [6.07, 6.45) is 0.